The van der Waals surface area contributed by atoms with Gasteiger partial charge in [-0.2, -0.15) is 16.7 Å². The second-order valence-electron chi connectivity index (χ2n) is 5.98. The lowest BCUT2D eigenvalue weighted by Gasteiger charge is -2.33. The molecule has 1 aromatic rings. The second-order valence-corrected chi connectivity index (χ2v) is 7.06. The number of likely N-dealkylation sites (N-methyl/N-ethyl adjacent to an activating group) is 1. The summed E-state index contributed by atoms with van der Waals surface area (Å²) >= 11 is 1.94. The Bertz CT molecular complexity index is 454. The molecule has 1 saturated heterocycles. The molecule has 21 heavy (non-hydrogen) atoms. The first-order chi connectivity index (χ1) is 10.3. The maximum atomic E-state index is 6.08. The van der Waals surface area contributed by atoms with Gasteiger partial charge in [-0.25, -0.2) is 0 Å². The second kappa shape index (κ2) is 6.67. The molecule has 1 aliphatic carbocycles. The standard InChI is InChI=1S/C15H25N3O2S/c1-3-19-15(7-5-4-6-8-15)14-17-13(20-18-14)11-9-21-10-12(11)16-2/h11-12,16H,3-10H2,1-2H3. The van der Waals surface area contributed by atoms with E-state index in [1.807, 2.05) is 25.7 Å². The minimum absolute atomic E-state index is 0.310. The molecular formula is C15H25N3O2S. The molecule has 2 unspecified atom stereocenters. The number of ether oxygens (including phenoxy) is 1. The van der Waals surface area contributed by atoms with Crippen LogP contribution in [0.25, 0.3) is 0 Å². The Morgan fingerprint density at radius 2 is 2.14 bits per heavy atom. The number of thioether (sulfide) groups is 1. The van der Waals surface area contributed by atoms with Crippen molar-refractivity contribution in [3.05, 3.63) is 11.7 Å². The Labute approximate surface area is 130 Å². The van der Waals surface area contributed by atoms with Crippen LogP contribution in [0.5, 0.6) is 0 Å². The highest BCUT2D eigenvalue weighted by atomic mass is 32.2. The van der Waals surface area contributed by atoms with E-state index in [1.54, 1.807) is 0 Å². The van der Waals surface area contributed by atoms with Gasteiger partial charge >= 0.3 is 0 Å². The maximum absolute atomic E-state index is 6.08. The van der Waals surface area contributed by atoms with Crippen LogP contribution < -0.4 is 5.32 Å². The van der Waals surface area contributed by atoms with E-state index in [0.29, 0.717) is 18.6 Å². The highest BCUT2D eigenvalue weighted by molar-refractivity contribution is 7.99. The third kappa shape index (κ3) is 2.98. The molecule has 1 aromatic heterocycles. The number of rotatable bonds is 5. The molecule has 0 amide bonds. The lowest BCUT2D eigenvalue weighted by Crippen LogP contribution is -2.34. The normalized spacial score (nSPS) is 28.9. The molecule has 0 radical (unpaired) electrons. The SMILES string of the molecule is CCOC1(c2noc(C3CSCC3NC)n2)CCCCC1. The average Bonchev–Trinajstić information content (AvgIpc) is 3.17. The molecule has 2 fully saturated rings. The predicted octanol–water partition coefficient (Wildman–Crippen LogP) is 2.68. The van der Waals surface area contributed by atoms with Crippen molar-refractivity contribution < 1.29 is 9.26 Å². The summed E-state index contributed by atoms with van der Waals surface area (Å²) in [5.41, 5.74) is -0.310. The van der Waals surface area contributed by atoms with Gasteiger partial charge in [-0.1, -0.05) is 24.4 Å². The van der Waals surface area contributed by atoms with Crippen LogP contribution in [0.1, 0.15) is 56.7 Å². The first kappa shape index (κ1) is 15.3. The molecule has 0 bridgehead atoms. The van der Waals surface area contributed by atoms with Gasteiger partial charge in [-0.15, -0.1) is 0 Å². The quantitative estimate of drug-likeness (QED) is 0.902. The smallest absolute Gasteiger partial charge is 0.232 e. The molecule has 2 atom stereocenters. The Balaban J connectivity index is 1.82. The number of aromatic nitrogens is 2. The fourth-order valence-electron chi connectivity index (χ4n) is 3.48. The highest BCUT2D eigenvalue weighted by Crippen LogP contribution is 2.40. The van der Waals surface area contributed by atoms with E-state index in [1.165, 1.54) is 19.3 Å². The largest absolute Gasteiger partial charge is 0.367 e. The summed E-state index contributed by atoms with van der Waals surface area (Å²) < 4.78 is 11.7. The van der Waals surface area contributed by atoms with E-state index in [4.69, 9.17) is 14.2 Å². The van der Waals surface area contributed by atoms with E-state index in [0.717, 1.165) is 36.1 Å². The molecule has 2 heterocycles. The Morgan fingerprint density at radius 1 is 1.33 bits per heavy atom. The average molecular weight is 311 g/mol. The lowest BCUT2D eigenvalue weighted by molar-refractivity contribution is -0.0777. The van der Waals surface area contributed by atoms with Gasteiger partial charge in [0, 0.05) is 24.2 Å². The maximum Gasteiger partial charge on any atom is 0.232 e. The third-order valence-electron chi connectivity index (χ3n) is 4.70. The van der Waals surface area contributed by atoms with Gasteiger partial charge in [0.2, 0.25) is 11.7 Å². The molecule has 1 aliphatic heterocycles. The van der Waals surface area contributed by atoms with E-state index < -0.39 is 0 Å². The van der Waals surface area contributed by atoms with Crippen LogP contribution in [-0.4, -0.2) is 41.3 Å². The van der Waals surface area contributed by atoms with E-state index in [2.05, 4.69) is 10.5 Å². The van der Waals surface area contributed by atoms with Gasteiger partial charge < -0.3 is 14.6 Å². The zero-order valence-electron chi connectivity index (χ0n) is 12.9. The minimum Gasteiger partial charge on any atom is -0.367 e. The van der Waals surface area contributed by atoms with Crippen molar-refractivity contribution in [2.24, 2.45) is 0 Å². The zero-order valence-corrected chi connectivity index (χ0v) is 13.7. The van der Waals surface area contributed by atoms with Crippen molar-refractivity contribution in [1.29, 1.82) is 0 Å². The zero-order chi connectivity index (χ0) is 14.7. The summed E-state index contributed by atoms with van der Waals surface area (Å²) in [6, 6.07) is 0.428. The number of nitrogens with one attached hydrogen (secondary N) is 1. The number of nitrogens with zero attached hydrogens (tertiary/aromatic N) is 2. The number of hydrogen-bond acceptors (Lipinski definition) is 6. The van der Waals surface area contributed by atoms with Crippen LogP contribution in [0.2, 0.25) is 0 Å². The summed E-state index contributed by atoms with van der Waals surface area (Å²) in [6.07, 6.45) is 5.66. The van der Waals surface area contributed by atoms with E-state index in [9.17, 15) is 0 Å². The summed E-state index contributed by atoms with van der Waals surface area (Å²) in [6.45, 7) is 2.74. The molecule has 118 valence electrons. The van der Waals surface area contributed by atoms with E-state index in [-0.39, 0.29) is 5.60 Å². The van der Waals surface area contributed by atoms with Gasteiger partial charge in [0.1, 0.15) is 5.60 Å². The van der Waals surface area contributed by atoms with Gasteiger partial charge in [0.05, 0.1) is 5.92 Å². The van der Waals surface area contributed by atoms with Crippen LogP contribution in [-0.2, 0) is 10.3 Å². The third-order valence-corrected chi connectivity index (χ3v) is 5.89. The van der Waals surface area contributed by atoms with Crippen molar-refractivity contribution in [1.82, 2.24) is 15.5 Å². The lowest BCUT2D eigenvalue weighted by atomic mass is 9.84. The molecule has 2 aliphatic rings. The Hall–Kier alpha value is -0.590. The van der Waals surface area contributed by atoms with Gasteiger partial charge in [-0.05, 0) is 26.8 Å². The molecule has 5 nitrogen and oxygen atoms in total. The van der Waals surface area contributed by atoms with Crippen LogP contribution in [0, 0.1) is 0 Å². The molecule has 1 saturated carbocycles. The Morgan fingerprint density at radius 3 is 2.86 bits per heavy atom. The molecule has 0 spiro atoms. The van der Waals surface area contributed by atoms with Crippen LogP contribution >= 0.6 is 11.8 Å². The van der Waals surface area contributed by atoms with Gasteiger partial charge in [0.15, 0.2) is 0 Å². The fraction of sp³-hybridized carbons (Fsp3) is 0.867. The fourth-order valence-corrected chi connectivity index (χ4v) is 4.90. The van der Waals surface area contributed by atoms with E-state index >= 15 is 0 Å². The topological polar surface area (TPSA) is 60.2 Å². The van der Waals surface area contributed by atoms with Gasteiger partial charge in [0.25, 0.3) is 0 Å². The summed E-state index contributed by atoms with van der Waals surface area (Å²) in [4.78, 5) is 4.75. The van der Waals surface area contributed by atoms with Gasteiger partial charge in [-0.3, -0.25) is 0 Å². The van der Waals surface area contributed by atoms with Crippen molar-refractivity contribution in [2.75, 3.05) is 25.2 Å². The molecule has 1 N–H and O–H groups in total. The number of hydrogen-bond donors (Lipinski definition) is 1. The van der Waals surface area contributed by atoms with Crippen molar-refractivity contribution >= 4 is 11.8 Å². The van der Waals surface area contributed by atoms with Crippen molar-refractivity contribution in [3.8, 4) is 0 Å². The first-order valence-electron chi connectivity index (χ1n) is 8.02. The van der Waals surface area contributed by atoms with Crippen LogP contribution in [0.3, 0.4) is 0 Å². The van der Waals surface area contributed by atoms with Crippen LogP contribution in [0.15, 0.2) is 4.52 Å². The monoisotopic (exact) mass is 311 g/mol. The first-order valence-corrected chi connectivity index (χ1v) is 9.17. The molecular weight excluding hydrogens is 286 g/mol. The van der Waals surface area contributed by atoms with Crippen LogP contribution in [0.4, 0.5) is 0 Å². The predicted molar refractivity (Wildman–Crippen MR) is 83.6 cm³/mol. The molecule has 3 rings (SSSR count). The summed E-state index contributed by atoms with van der Waals surface area (Å²) in [7, 11) is 2.00. The molecule has 6 heteroatoms. The summed E-state index contributed by atoms with van der Waals surface area (Å²) in [5, 5.41) is 7.65. The highest BCUT2D eigenvalue weighted by Gasteiger charge is 2.41. The minimum atomic E-state index is -0.310. The molecule has 0 aromatic carbocycles. The van der Waals surface area contributed by atoms with Crippen molar-refractivity contribution in [3.63, 3.8) is 0 Å². The summed E-state index contributed by atoms with van der Waals surface area (Å²) in [5.74, 6) is 4.03. The van der Waals surface area contributed by atoms with Crippen molar-refractivity contribution in [2.45, 2.75) is 56.6 Å². The Kier molecular flexibility index (Phi) is 4.86.